The van der Waals surface area contributed by atoms with Gasteiger partial charge in [-0.1, -0.05) is 6.07 Å². The zero-order valence-electron chi connectivity index (χ0n) is 18.3. The van der Waals surface area contributed by atoms with Crippen molar-refractivity contribution in [2.75, 3.05) is 12.0 Å². The van der Waals surface area contributed by atoms with E-state index in [1.54, 1.807) is 37.4 Å². The molecule has 0 saturated carbocycles. The highest BCUT2D eigenvalue weighted by Gasteiger charge is 2.33. The minimum Gasteiger partial charge on any atom is -0.497 e. The van der Waals surface area contributed by atoms with E-state index in [2.05, 4.69) is 6.07 Å². The molecule has 4 rings (SSSR count). The van der Waals surface area contributed by atoms with Crippen LogP contribution in [0.1, 0.15) is 41.6 Å². The van der Waals surface area contributed by atoms with E-state index in [-0.39, 0.29) is 12.2 Å². The predicted molar refractivity (Wildman–Crippen MR) is 125 cm³/mol. The topological polar surface area (TPSA) is 73.6 Å². The number of ether oxygens (including phenoxy) is 1. The molecule has 1 N–H and O–H groups in total. The molecule has 1 aliphatic heterocycles. The smallest absolute Gasteiger partial charge is 0.163 e. The predicted octanol–water partition coefficient (Wildman–Crippen LogP) is 5.11. The first-order chi connectivity index (χ1) is 15.9. The molecule has 0 aliphatic carbocycles. The number of carbonyl (C=O) groups excluding carboxylic acids is 1. The second-order valence-corrected chi connectivity index (χ2v) is 7.92. The Bertz CT molecular complexity index is 1240. The Kier molecular flexibility index (Phi) is 6.25. The molecule has 0 aromatic heterocycles. The molecule has 0 spiro atoms. The van der Waals surface area contributed by atoms with Gasteiger partial charge in [-0.05, 0) is 90.4 Å². The zero-order valence-corrected chi connectivity index (χ0v) is 18.3. The van der Waals surface area contributed by atoms with E-state index in [9.17, 15) is 19.6 Å². The number of rotatable bonds is 6. The van der Waals surface area contributed by atoms with Crippen molar-refractivity contribution in [1.82, 2.24) is 0 Å². The van der Waals surface area contributed by atoms with Crippen molar-refractivity contribution in [3.8, 4) is 11.8 Å². The number of fused-ring (bicyclic) bond motifs is 1. The van der Waals surface area contributed by atoms with E-state index in [4.69, 9.17) is 4.74 Å². The maximum absolute atomic E-state index is 14.3. The summed E-state index contributed by atoms with van der Waals surface area (Å²) in [5.41, 5.74) is 4.40. The van der Waals surface area contributed by atoms with Crippen LogP contribution < -0.4 is 9.64 Å². The number of benzene rings is 3. The minimum atomic E-state index is -1.14. The van der Waals surface area contributed by atoms with Crippen molar-refractivity contribution in [3.63, 3.8) is 0 Å². The van der Waals surface area contributed by atoms with Crippen LogP contribution in [0.15, 0.2) is 66.7 Å². The SMILES string of the molecule is COc1ccc(C2=Cc3ccc(F)cc3C(CC(=O)C(C)O)N2c2ccc(C#N)cc2)cc1. The molecule has 2 unspecified atom stereocenters. The van der Waals surface area contributed by atoms with Crippen molar-refractivity contribution in [1.29, 1.82) is 5.26 Å². The quantitative estimate of drug-likeness (QED) is 0.575. The van der Waals surface area contributed by atoms with E-state index in [0.717, 1.165) is 22.5 Å². The Hall–Kier alpha value is -3.95. The molecule has 6 heteroatoms. The zero-order chi connectivity index (χ0) is 23.5. The molecule has 2 atom stereocenters. The van der Waals surface area contributed by atoms with E-state index < -0.39 is 18.0 Å². The fourth-order valence-electron chi connectivity index (χ4n) is 4.05. The van der Waals surface area contributed by atoms with Crippen LogP contribution in [0.25, 0.3) is 11.8 Å². The Morgan fingerprint density at radius 2 is 1.85 bits per heavy atom. The largest absolute Gasteiger partial charge is 0.497 e. The van der Waals surface area contributed by atoms with Crippen molar-refractivity contribution in [2.45, 2.75) is 25.5 Å². The van der Waals surface area contributed by atoms with Gasteiger partial charge in [-0.15, -0.1) is 0 Å². The summed E-state index contributed by atoms with van der Waals surface area (Å²) >= 11 is 0. The first-order valence-electron chi connectivity index (χ1n) is 10.6. The van der Waals surface area contributed by atoms with Crippen molar-refractivity contribution in [3.05, 3.63) is 94.8 Å². The summed E-state index contributed by atoms with van der Waals surface area (Å²) in [5, 5.41) is 19.1. The molecule has 1 aliphatic rings. The highest BCUT2D eigenvalue weighted by Crippen LogP contribution is 2.44. The summed E-state index contributed by atoms with van der Waals surface area (Å²) < 4.78 is 19.6. The lowest BCUT2D eigenvalue weighted by Gasteiger charge is -2.40. The van der Waals surface area contributed by atoms with Crippen LogP contribution in [0.3, 0.4) is 0 Å². The van der Waals surface area contributed by atoms with Crippen LogP contribution in [0, 0.1) is 17.1 Å². The number of anilines is 1. The number of methoxy groups -OCH3 is 1. The number of halogens is 1. The van der Waals surface area contributed by atoms with Crippen LogP contribution in [0.4, 0.5) is 10.1 Å². The molecule has 0 saturated heterocycles. The normalized spacial score (nSPS) is 15.8. The maximum Gasteiger partial charge on any atom is 0.163 e. The van der Waals surface area contributed by atoms with Gasteiger partial charge >= 0.3 is 0 Å². The molecule has 0 radical (unpaired) electrons. The first kappa shape index (κ1) is 22.3. The Morgan fingerprint density at radius 1 is 1.15 bits per heavy atom. The number of nitriles is 1. The van der Waals surface area contributed by atoms with E-state index in [0.29, 0.717) is 16.9 Å². The molecule has 0 amide bonds. The van der Waals surface area contributed by atoms with Gasteiger partial charge in [0.1, 0.15) is 17.7 Å². The summed E-state index contributed by atoms with van der Waals surface area (Å²) in [6, 6.07) is 20.7. The van der Waals surface area contributed by atoms with Gasteiger partial charge in [0.15, 0.2) is 5.78 Å². The molecule has 33 heavy (non-hydrogen) atoms. The van der Waals surface area contributed by atoms with Crippen molar-refractivity contribution < 1.29 is 19.0 Å². The number of nitrogens with zero attached hydrogens (tertiary/aromatic N) is 2. The van der Waals surface area contributed by atoms with E-state index in [1.807, 2.05) is 35.2 Å². The number of aliphatic hydroxyl groups is 1. The molecular weight excluding hydrogens is 419 g/mol. The monoisotopic (exact) mass is 442 g/mol. The number of aliphatic hydroxyl groups excluding tert-OH is 1. The third-order valence-electron chi connectivity index (χ3n) is 5.79. The number of hydrogen-bond donors (Lipinski definition) is 1. The standard InChI is InChI=1S/C27H23FN2O3/c1-17(31)27(32)15-26-24-14-21(28)8-5-20(24)13-25(19-6-11-23(33-2)12-7-19)30(26)22-9-3-18(16-29)4-10-22/h3-14,17,26,31H,15H2,1-2H3. The van der Waals surface area contributed by atoms with Gasteiger partial charge in [0.2, 0.25) is 0 Å². The van der Waals surface area contributed by atoms with E-state index >= 15 is 0 Å². The van der Waals surface area contributed by atoms with Gasteiger partial charge in [0, 0.05) is 17.8 Å². The summed E-state index contributed by atoms with van der Waals surface area (Å²) in [6.45, 7) is 1.43. The van der Waals surface area contributed by atoms with Crippen molar-refractivity contribution in [2.24, 2.45) is 0 Å². The van der Waals surface area contributed by atoms with Crippen LogP contribution in [-0.4, -0.2) is 24.1 Å². The second kappa shape index (κ2) is 9.27. The average Bonchev–Trinajstić information content (AvgIpc) is 2.84. The molecule has 3 aromatic carbocycles. The summed E-state index contributed by atoms with van der Waals surface area (Å²) in [5.74, 6) is -0.0301. The van der Waals surface area contributed by atoms with Gasteiger partial charge in [-0.2, -0.15) is 5.26 Å². The van der Waals surface area contributed by atoms with Gasteiger partial charge in [0.25, 0.3) is 0 Å². The summed E-state index contributed by atoms with van der Waals surface area (Å²) in [7, 11) is 1.60. The molecule has 166 valence electrons. The third-order valence-corrected chi connectivity index (χ3v) is 5.79. The lowest BCUT2D eigenvalue weighted by atomic mass is 9.87. The Morgan fingerprint density at radius 3 is 2.45 bits per heavy atom. The molecular formula is C27H23FN2O3. The van der Waals surface area contributed by atoms with Gasteiger partial charge < -0.3 is 14.7 Å². The lowest BCUT2D eigenvalue weighted by Crippen LogP contribution is -2.34. The number of Topliss-reactive ketones (excluding diaryl/α,β-unsaturated/α-hetero) is 1. The fourth-order valence-corrected chi connectivity index (χ4v) is 4.05. The summed E-state index contributed by atoms with van der Waals surface area (Å²) in [6.07, 6.45) is 0.805. The maximum atomic E-state index is 14.3. The second-order valence-electron chi connectivity index (χ2n) is 7.92. The number of hydrogen-bond acceptors (Lipinski definition) is 5. The Labute approximate surface area is 192 Å². The molecule has 5 nitrogen and oxygen atoms in total. The van der Waals surface area contributed by atoms with E-state index in [1.165, 1.54) is 19.1 Å². The highest BCUT2D eigenvalue weighted by atomic mass is 19.1. The van der Waals surface area contributed by atoms with Crippen LogP contribution in [0.2, 0.25) is 0 Å². The van der Waals surface area contributed by atoms with Crippen molar-refractivity contribution >= 4 is 23.2 Å². The molecule has 0 fully saturated rings. The number of ketones is 1. The molecule has 3 aromatic rings. The molecule has 0 bridgehead atoms. The highest BCUT2D eigenvalue weighted by molar-refractivity contribution is 5.95. The van der Waals surface area contributed by atoms with Gasteiger partial charge in [-0.3, -0.25) is 4.79 Å². The summed E-state index contributed by atoms with van der Waals surface area (Å²) in [4.78, 5) is 14.6. The Balaban J connectivity index is 1.92. The first-order valence-corrected chi connectivity index (χ1v) is 10.6. The van der Waals surface area contributed by atoms with Crippen LogP contribution >= 0.6 is 0 Å². The van der Waals surface area contributed by atoms with Gasteiger partial charge in [-0.25, -0.2) is 4.39 Å². The minimum absolute atomic E-state index is 0.0123. The third kappa shape index (κ3) is 4.50. The lowest BCUT2D eigenvalue weighted by molar-refractivity contribution is -0.126. The van der Waals surface area contributed by atoms with Crippen LogP contribution in [-0.2, 0) is 4.79 Å². The van der Waals surface area contributed by atoms with Gasteiger partial charge in [0.05, 0.1) is 24.8 Å². The fraction of sp³-hybridized carbons (Fsp3) is 0.185. The molecule has 1 heterocycles. The average molecular weight is 442 g/mol. The van der Waals surface area contributed by atoms with Crippen LogP contribution in [0.5, 0.6) is 5.75 Å². The number of carbonyl (C=O) groups is 1.